The number of nitrogens with zero attached hydrogens (tertiary/aromatic N) is 2. The molecule has 5 rings (SSSR count). The molecule has 1 amide bonds. The Morgan fingerprint density at radius 1 is 0.974 bits per heavy atom. The van der Waals surface area contributed by atoms with Gasteiger partial charge in [0.25, 0.3) is 5.78 Å². The van der Waals surface area contributed by atoms with Gasteiger partial charge in [-0.25, -0.2) is 4.98 Å². The molecule has 1 saturated heterocycles. The molecule has 0 aliphatic carbocycles. The third-order valence-corrected chi connectivity index (χ3v) is 7.66. The highest BCUT2D eigenvalue weighted by Gasteiger charge is 2.48. The van der Waals surface area contributed by atoms with E-state index in [0.717, 1.165) is 10.3 Å². The van der Waals surface area contributed by atoms with Crippen molar-refractivity contribution >= 4 is 44.1 Å². The third-order valence-electron chi connectivity index (χ3n) is 6.65. The first-order valence-electron chi connectivity index (χ1n) is 13.0. The average molecular weight is 543 g/mol. The molecule has 1 aliphatic heterocycles. The molecule has 2 heterocycles. The Labute approximate surface area is 231 Å². The van der Waals surface area contributed by atoms with Crippen LogP contribution in [0.3, 0.4) is 0 Å². The van der Waals surface area contributed by atoms with Gasteiger partial charge in [0, 0.05) is 5.56 Å². The molecule has 1 unspecified atom stereocenters. The number of fused-ring (bicyclic) bond motifs is 1. The van der Waals surface area contributed by atoms with Crippen LogP contribution in [-0.4, -0.2) is 35.0 Å². The molecule has 7 nitrogen and oxygen atoms in total. The fourth-order valence-electron chi connectivity index (χ4n) is 4.72. The highest BCUT2D eigenvalue weighted by Crippen LogP contribution is 2.45. The van der Waals surface area contributed by atoms with Crippen LogP contribution in [0.25, 0.3) is 16.0 Å². The van der Waals surface area contributed by atoms with Crippen molar-refractivity contribution in [3.8, 4) is 11.5 Å². The first-order valence-corrected chi connectivity index (χ1v) is 13.8. The molecule has 200 valence electrons. The van der Waals surface area contributed by atoms with Crippen LogP contribution < -0.4 is 14.4 Å². The van der Waals surface area contributed by atoms with E-state index in [9.17, 15) is 14.7 Å². The number of aliphatic hydroxyl groups is 1. The second-order valence-electron chi connectivity index (χ2n) is 9.51. The molecule has 1 atom stereocenters. The first-order chi connectivity index (χ1) is 18.8. The van der Waals surface area contributed by atoms with Gasteiger partial charge in [0.05, 0.1) is 35.0 Å². The Morgan fingerprint density at radius 2 is 1.67 bits per heavy atom. The van der Waals surface area contributed by atoms with Crippen LogP contribution in [0, 0.1) is 0 Å². The van der Waals surface area contributed by atoms with E-state index in [1.807, 2.05) is 56.3 Å². The summed E-state index contributed by atoms with van der Waals surface area (Å²) in [4.78, 5) is 33.2. The van der Waals surface area contributed by atoms with Crippen LogP contribution in [0.5, 0.6) is 11.5 Å². The quantitative estimate of drug-likeness (QED) is 0.149. The van der Waals surface area contributed by atoms with Crippen molar-refractivity contribution in [1.29, 1.82) is 0 Å². The van der Waals surface area contributed by atoms with E-state index in [4.69, 9.17) is 14.5 Å². The van der Waals surface area contributed by atoms with E-state index in [1.165, 1.54) is 16.2 Å². The number of ether oxygens (including phenoxy) is 2. The topological polar surface area (TPSA) is 89.0 Å². The van der Waals surface area contributed by atoms with E-state index in [2.05, 4.69) is 13.8 Å². The Kier molecular flexibility index (Phi) is 7.39. The molecule has 1 aliphatic rings. The summed E-state index contributed by atoms with van der Waals surface area (Å²) in [5, 5.41) is 11.8. The number of Topliss-reactive ketones (excluding diaryl/α,β-unsaturated/α-hetero) is 1. The summed E-state index contributed by atoms with van der Waals surface area (Å²) in [6.45, 7) is 8.97. The van der Waals surface area contributed by atoms with E-state index < -0.39 is 17.7 Å². The minimum absolute atomic E-state index is 0.0141. The molecule has 8 heteroatoms. The number of rotatable bonds is 8. The van der Waals surface area contributed by atoms with Gasteiger partial charge in [-0.15, -0.1) is 0 Å². The van der Waals surface area contributed by atoms with E-state index in [1.54, 1.807) is 24.3 Å². The van der Waals surface area contributed by atoms with Gasteiger partial charge in [-0.2, -0.15) is 0 Å². The van der Waals surface area contributed by atoms with Gasteiger partial charge in [-0.1, -0.05) is 61.6 Å². The maximum absolute atomic E-state index is 13.6. The number of carbonyl (C=O) groups excluding carboxylic acids is 2. The maximum atomic E-state index is 13.6. The average Bonchev–Trinajstić information content (AvgIpc) is 3.46. The second kappa shape index (κ2) is 10.9. The first kappa shape index (κ1) is 26.4. The predicted octanol–water partition coefficient (Wildman–Crippen LogP) is 6.84. The van der Waals surface area contributed by atoms with Crippen LogP contribution in [-0.2, 0) is 9.59 Å². The van der Waals surface area contributed by atoms with E-state index in [-0.39, 0.29) is 11.3 Å². The van der Waals surface area contributed by atoms with Gasteiger partial charge in [0.15, 0.2) is 5.13 Å². The van der Waals surface area contributed by atoms with Crippen LogP contribution in [0.15, 0.2) is 72.3 Å². The predicted molar refractivity (Wildman–Crippen MR) is 154 cm³/mol. The van der Waals surface area contributed by atoms with Gasteiger partial charge in [-0.3, -0.25) is 14.5 Å². The van der Waals surface area contributed by atoms with Crippen molar-refractivity contribution in [1.82, 2.24) is 4.98 Å². The van der Waals surface area contributed by atoms with Crippen molar-refractivity contribution in [2.24, 2.45) is 0 Å². The van der Waals surface area contributed by atoms with Gasteiger partial charge in [-0.05, 0) is 61.2 Å². The molecule has 0 bridgehead atoms. The van der Waals surface area contributed by atoms with Gasteiger partial charge in [0.2, 0.25) is 0 Å². The van der Waals surface area contributed by atoms with Crippen molar-refractivity contribution in [3.63, 3.8) is 0 Å². The Hall–Kier alpha value is -4.17. The lowest BCUT2D eigenvalue weighted by atomic mass is 9.93. The Balaban J connectivity index is 1.68. The zero-order valence-electron chi connectivity index (χ0n) is 22.3. The van der Waals surface area contributed by atoms with Crippen LogP contribution in [0.4, 0.5) is 5.13 Å². The van der Waals surface area contributed by atoms with Crippen molar-refractivity contribution in [2.75, 3.05) is 18.1 Å². The molecular weight excluding hydrogens is 512 g/mol. The lowest BCUT2D eigenvalue weighted by Gasteiger charge is -2.23. The molecule has 0 spiro atoms. The number of ketones is 1. The number of amides is 1. The normalized spacial score (nSPS) is 16.8. The SMILES string of the molecule is CCOc1cccc(/C(O)=C2\C(=O)C(=O)N(c3nc4ccc(OCC)cc4s3)C2c2ccc(C(C)C)cc2)c1. The molecule has 3 aromatic carbocycles. The number of carbonyl (C=O) groups is 2. The fourth-order valence-corrected chi connectivity index (χ4v) is 5.74. The van der Waals surface area contributed by atoms with Crippen LogP contribution in [0.2, 0.25) is 0 Å². The van der Waals surface area contributed by atoms with Crippen LogP contribution in [0.1, 0.15) is 56.3 Å². The molecule has 1 aromatic heterocycles. The maximum Gasteiger partial charge on any atom is 0.301 e. The Morgan fingerprint density at radius 3 is 2.33 bits per heavy atom. The van der Waals surface area contributed by atoms with E-state index in [0.29, 0.717) is 52.4 Å². The lowest BCUT2D eigenvalue weighted by molar-refractivity contribution is -0.132. The minimum Gasteiger partial charge on any atom is -0.507 e. The monoisotopic (exact) mass is 542 g/mol. The molecule has 1 N–H and O–H groups in total. The second-order valence-corrected chi connectivity index (χ2v) is 10.5. The van der Waals surface area contributed by atoms with Crippen molar-refractivity contribution < 1.29 is 24.2 Å². The summed E-state index contributed by atoms with van der Waals surface area (Å²) in [5.41, 5.74) is 2.94. The summed E-state index contributed by atoms with van der Waals surface area (Å²) in [6.07, 6.45) is 0. The molecule has 4 aromatic rings. The van der Waals surface area contributed by atoms with Gasteiger partial charge in [0.1, 0.15) is 17.3 Å². The molecule has 39 heavy (non-hydrogen) atoms. The minimum atomic E-state index is -0.853. The zero-order valence-corrected chi connectivity index (χ0v) is 23.1. The fraction of sp³-hybridized carbons (Fsp3) is 0.258. The molecule has 0 saturated carbocycles. The number of aliphatic hydroxyl groups excluding tert-OH is 1. The van der Waals surface area contributed by atoms with Crippen LogP contribution >= 0.6 is 11.3 Å². The highest BCUT2D eigenvalue weighted by atomic mass is 32.1. The number of hydrogen-bond donors (Lipinski definition) is 1. The molecule has 0 radical (unpaired) electrons. The number of benzene rings is 3. The van der Waals surface area contributed by atoms with Crippen molar-refractivity contribution in [2.45, 2.75) is 39.7 Å². The van der Waals surface area contributed by atoms with Gasteiger partial charge < -0.3 is 14.6 Å². The number of aromatic nitrogens is 1. The summed E-state index contributed by atoms with van der Waals surface area (Å²) in [7, 11) is 0. The van der Waals surface area contributed by atoms with Gasteiger partial charge >= 0.3 is 5.91 Å². The summed E-state index contributed by atoms with van der Waals surface area (Å²) in [6, 6.07) is 19.4. The summed E-state index contributed by atoms with van der Waals surface area (Å²) in [5.74, 6) is -0.172. The third kappa shape index (κ3) is 5.00. The summed E-state index contributed by atoms with van der Waals surface area (Å²) < 4.78 is 12.0. The standard InChI is InChI=1S/C31H30N2O5S/c1-5-37-22-9-7-8-21(16-22)28(34)26-27(20-12-10-19(11-13-20)18(3)4)33(30(36)29(26)35)31-32-24-15-14-23(38-6-2)17-25(24)39-31/h7-18,27,34H,5-6H2,1-4H3/b28-26+. The largest absolute Gasteiger partial charge is 0.507 e. The Bertz CT molecular complexity index is 1570. The number of hydrogen-bond acceptors (Lipinski definition) is 7. The zero-order chi connectivity index (χ0) is 27.7. The summed E-state index contributed by atoms with van der Waals surface area (Å²) >= 11 is 1.30. The molecular formula is C31H30N2O5S. The van der Waals surface area contributed by atoms with E-state index >= 15 is 0 Å². The van der Waals surface area contributed by atoms with Crippen molar-refractivity contribution in [3.05, 3.63) is 89.0 Å². The number of thiazole rings is 1. The highest BCUT2D eigenvalue weighted by molar-refractivity contribution is 7.22. The molecule has 1 fully saturated rings. The number of anilines is 1. The lowest BCUT2D eigenvalue weighted by Crippen LogP contribution is -2.29. The smallest absolute Gasteiger partial charge is 0.301 e.